The molecule has 1 aliphatic heterocycles. The third kappa shape index (κ3) is 1.96. The van der Waals surface area contributed by atoms with Crippen LogP contribution in [0.2, 0.25) is 0 Å². The van der Waals surface area contributed by atoms with Gasteiger partial charge in [-0.15, -0.1) is 0 Å². The molecule has 1 atom stereocenters. The highest BCUT2D eigenvalue weighted by molar-refractivity contribution is 14.1. The van der Waals surface area contributed by atoms with Gasteiger partial charge < -0.3 is 10.5 Å². The molecule has 1 fully saturated rings. The van der Waals surface area contributed by atoms with Crippen molar-refractivity contribution in [3.8, 4) is 0 Å². The van der Waals surface area contributed by atoms with Gasteiger partial charge in [0.25, 0.3) is 0 Å². The molecule has 2 heterocycles. The van der Waals surface area contributed by atoms with Crippen LogP contribution < -0.4 is 5.73 Å². The fourth-order valence-electron chi connectivity index (χ4n) is 1.50. The molecule has 0 bridgehead atoms. The summed E-state index contributed by atoms with van der Waals surface area (Å²) < 4.78 is 8.33. The van der Waals surface area contributed by atoms with Gasteiger partial charge in [-0.1, -0.05) is 0 Å². The van der Waals surface area contributed by atoms with E-state index in [1.54, 1.807) is 6.20 Å². The van der Waals surface area contributed by atoms with Crippen molar-refractivity contribution in [1.82, 2.24) is 9.78 Å². The molecule has 5 heteroatoms. The maximum Gasteiger partial charge on any atom is 0.135 e. The normalized spacial score (nSPS) is 22.4. The fourth-order valence-corrected chi connectivity index (χ4v) is 1.90. The summed E-state index contributed by atoms with van der Waals surface area (Å²) in [6, 6.07) is 0. The molecule has 13 heavy (non-hydrogen) atoms. The predicted molar refractivity (Wildman–Crippen MR) is 58.3 cm³/mol. The van der Waals surface area contributed by atoms with Gasteiger partial charge in [0.1, 0.15) is 5.82 Å². The molecule has 2 N–H and O–H groups in total. The van der Waals surface area contributed by atoms with E-state index in [-0.39, 0.29) is 0 Å². The Morgan fingerprint density at radius 1 is 1.77 bits per heavy atom. The number of hydrogen-bond donors (Lipinski definition) is 1. The Balaban J connectivity index is 2.04. The zero-order valence-electron chi connectivity index (χ0n) is 7.24. The molecule has 0 aromatic carbocycles. The van der Waals surface area contributed by atoms with Crippen molar-refractivity contribution in [1.29, 1.82) is 0 Å². The Kier molecular flexibility index (Phi) is 2.73. The van der Waals surface area contributed by atoms with E-state index in [1.807, 2.05) is 4.68 Å². The van der Waals surface area contributed by atoms with Gasteiger partial charge in [-0.05, 0) is 35.4 Å². The van der Waals surface area contributed by atoms with Crippen LogP contribution in [0.3, 0.4) is 0 Å². The van der Waals surface area contributed by atoms with Gasteiger partial charge in [0.2, 0.25) is 0 Å². The molecule has 0 amide bonds. The van der Waals surface area contributed by atoms with Gasteiger partial charge in [0, 0.05) is 6.61 Å². The fraction of sp³-hybridized carbons (Fsp3) is 0.625. The minimum atomic E-state index is 0.304. The summed E-state index contributed by atoms with van der Waals surface area (Å²) in [5, 5.41) is 4.18. The first kappa shape index (κ1) is 9.26. The minimum Gasteiger partial charge on any atom is -0.383 e. The first-order valence-electron chi connectivity index (χ1n) is 4.36. The van der Waals surface area contributed by atoms with Gasteiger partial charge >= 0.3 is 0 Å². The number of nitrogens with two attached hydrogens (primary N) is 1. The van der Waals surface area contributed by atoms with Crippen molar-refractivity contribution >= 4 is 28.4 Å². The average Bonchev–Trinajstić information content (AvgIpc) is 2.71. The molecule has 1 saturated heterocycles. The molecule has 0 aliphatic carbocycles. The number of rotatable bonds is 2. The molecule has 2 rings (SSSR count). The van der Waals surface area contributed by atoms with Crippen LogP contribution >= 0.6 is 22.6 Å². The lowest BCUT2D eigenvalue weighted by Crippen LogP contribution is -2.17. The molecular formula is C8H12IN3O. The van der Waals surface area contributed by atoms with E-state index in [0.717, 1.165) is 35.4 Å². The molecule has 1 aromatic heterocycles. The highest BCUT2D eigenvalue weighted by atomic mass is 127. The SMILES string of the molecule is Nc1c(I)cnn1CC1CCCO1. The maximum absolute atomic E-state index is 5.82. The molecule has 4 nitrogen and oxygen atoms in total. The van der Waals surface area contributed by atoms with E-state index in [0.29, 0.717) is 6.10 Å². The topological polar surface area (TPSA) is 53.1 Å². The van der Waals surface area contributed by atoms with Crippen molar-refractivity contribution in [2.45, 2.75) is 25.5 Å². The molecule has 0 saturated carbocycles. The zero-order chi connectivity index (χ0) is 9.26. The minimum absolute atomic E-state index is 0.304. The molecule has 1 unspecified atom stereocenters. The van der Waals surface area contributed by atoms with E-state index >= 15 is 0 Å². The van der Waals surface area contributed by atoms with Crippen LogP contribution in [0.1, 0.15) is 12.8 Å². The third-order valence-electron chi connectivity index (χ3n) is 2.23. The Labute approximate surface area is 90.6 Å². The lowest BCUT2D eigenvalue weighted by Gasteiger charge is -2.10. The number of nitrogens with zero attached hydrogens (tertiary/aromatic N) is 2. The van der Waals surface area contributed by atoms with Crippen LogP contribution in [-0.2, 0) is 11.3 Å². The molecule has 0 radical (unpaired) electrons. The largest absolute Gasteiger partial charge is 0.383 e. The van der Waals surface area contributed by atoms with Crippen LogP contribution in [0.25, 0.3) is 0 Å². The molecule has 1 aliphatic rings. The first-order chi connectivity index (χ1) is 6.27. The summed E-state index contributed by atoms with van der Waals surface area (Å²) in [7, 11) is 0. The second-order valence-electron chi connectivity index (χ2n) is 3.19. The maximum atomic E-state index is 5.82. The van der Waals surface area contributed by atoms with Crippen LogP contribution in [0, 0.1) is 3.57 Å². The van der Waals surface area contributed by atoms with Crippen molar-refractivity contribution in [3.05, 3.63) is 9.77 Å². The number of nitrogen functional groups attached to an aromatic ring is 1. The standard InChI is InChI=1S/C8H12IN3O/c9-7-4-11-12(8(7)10)5-6-2-1-3-13-6/h4,6H,1-3,5,10H2. The number of aromatic nitrogens is 2. The lowest BCUT2D eigenvalue weighted by atomic mass is 10.2. The number of ether oxygens (including phenoxy) is 1. The van der Waals surface area contributed by atoms with E-state index in [1.165, 1.54) is 0 Å². The van der Waals surface area contributed by atoms with E-state index in [2.05, 4.69) is 27.7 Å². The molecular weight excluding hydrogens is 281 g/mol. The number of hydrogen-bond acceptors (Lipinski definition) is 3. The monoisotopic (exact) mass is 293 g/mol. The second kappa shape index (κ2) is 3.83. The van der Waals surface area contributed by atoms with E-state index in [4.69, 9.17) is 10.5 Å². The summed E-state index contributed by atoms with van der Waals surface area (Å²) >= 11 is 2.18. The molecule has 0 spiro atoms. The van der Waals surface area contributed by atoms with E-state index < -0.39 is 0 Å². The average molecular weight is 293 g/mol. The van der Waals surface area contributed by atoms with Gasteiger partial charge in [0.15, 0.2) is 0 Å². The highest BCUT2D eigenvalue weighted by Gasteiger charge is 2.17. The summed E-state index contributed by atoms with van der Waals surface area (Å²) in [6.45, 7) is 1.66. The highest BCUT2D eigenvalue weighted by Crippen LogP contribution is 2.18. The number of halogens is 1. The predicted octanol–water partition coefficient (Wildman–Crippen LogP) is 1.25. The Morgan fingerprint density at radius 2 is 2.62 bits per heavy atom. The Bertz CT molecular complexity index is 294. The van der Waals surface area contributed by atoms with Crippen molar-refractivity contribution in [2.24, 2.45) is 0 Å². The molecule has 72 valence electrons. The van der Waals surface area contributed by atoms with Gasteiger partial charge in [0.05, 0.1) is 22.4 Å². The summed E-state index contributed by atoms with van der Waals surface area (Å²) in [5.74, 6) is 0.746. The third-order valence-corrected chi connectivity index (χ3v) is 3.06. The first-order valence-corrected chi connectivity index (χ1v) is 5.43. The lowest BCUT2D eigenvalue weighted by molar-refractivity contribution is 0.0945. The molecule has 1 aromatic rings. The van der Waals surface area contributed by atoms with Gasteiger partial charge in [-0.3, -0.25) is 0 Å². The van der Waals surface area contributed by atoms with Crippen LogP contribution in [0.5, 0.6) is 0 Å². The van der Waals surface area contributed by atoms with Crippen LogP contribution in [-0.4, -0.2) is 22.5 Å². The summed E-state index contributed by atoms with van der Waals surface area (Å²) in [6.07, 6.45) is 4.36. The number of anilines is 1. The summed E-state index contributed by atoms with van der Waals surface area (Å²) in [5.41, 5.74) is 5.82. The Morgan fingerprint density at radius 3 is 3.15 bits per heavy atom. The summed E-state index contributed by atoms with van der Waals surface area (Å²) in [4.78, 5) is 0. The van der Waals surface area contributed by atoms with Gasteiger partial charge in [-0.25, -0.2) is 4.68 Å². The van der Waals surface area contributed by atoms with Crippen molar-refractivity contribution in [3.63, 3.8) is 0 Å². The van der Waals surface area contributed by atoms with Crippen molar-refractivity contribution in [2.75, 3.05) is 12.3 Å². The van der Waals surface area contributed by atoms with Crippen LogP contribution in [0.4, 0.5) is 5.82 Å². The van der Waals surface area contributed by atoms with Gasteiger partial charge in [-0.2, -0.15) is 5.10 Å². The zero-order valence-corrected chi connectivity index (χ0v) is 9.40. The van der Waals surface area contributed by atoms with E-state index in [9.17, 15) is 0 Å². The second-order valence-corrected chi connectivity index (χ2v) is 4.36. The van der Waals surface area contributed by atoms with Crippen LogP contribution in [0.15, 0.2) is 6.20 Å². The quantitative estimate of drug-likeness (QED) is 0.835. The smallest absolute Gasteiger partial charge is 0.135 e. The Hall–Kier alpha value is -0.300. The van der Waals surface area contributed by atoms with Crippen molar-refractivity contribution < 1.29 is 4.74 Å².